The van der Waals surface area contributed by atoms with Gasteiger partial charge in [-0.1, -0.05) is 19.8 Å². The number of rotatable bonds is 4. The van der Waals surface area contributed by atoms with Crippen LogP contribution in [-0.2, 0) is 0 Å². The van der Waals surface area contributed by atoms with Crippen LogP contribution >= 0.6 is 11.8 Å². The van der Waals surface area contributed by atoms with Gasteiger partial charge in [-0.3, -0.25) is 0 Å². The van der Waals surface area contributed by atoms with Gasteiger partial charge in [0.2, 0.25) is 0 Å². The van der Waals surface area contributed by atoms with E-state index in [2.05, 4.69) is 43.0 Å². The van der Waals surface area contributed by atoms with Crippen LogP contribution in [0.3, 0.4) is 0 Å². The molecule has 1 saturated heterocycles. The SMILES string of the molecule is CC1SCCC1NCC1(N(C)C)CCCC1. The molecule has 0 spiro atoms. The Bertz CT molecular complexity index is 224. The molecule has 2 fully saturated rings. The fraction of sp³-hybridized carbons (Fsp3) is 1.00. The first kappa shape index (κ1) is 12.7. The maximum absolute atomic E-state index is 3.83. The molecule has 2 unspecified atom stereocenters. The van der Waals surface area contributed by atoms with Crippen molar-refractivity contribution in [2.24, 2.45) is 0 Å². The maximum atomic E-state index is 3.83. The maximum Gasteiger partial charge on any atom is 0.0327 e. The summed E-state index contributed by atoms with van der Waals surface area (Å²) in [7, 11) is 4.50. The number of hydrogen-bond acceptors (Lipinski definition) is 3. The van der Waals surface area contributed by atoms with Gasteiger partial charge >= 0.3 is 0 Å². The molecule has 0 aromatic carbocycles. The Hall–Kier alpha value is 0.270. The van der Waals surface area contributed by atoms with Gasteiger partial charge in [0.15, 0.2) is 0 Å². The molecule has 0 radical (unpaired) electrons. The molecule has 0 bridgehead atoms. The lowest BCUT2D eigenvalue weighted by Crippen LogP contribution is -2.52. The van der Waals surface area contributed by atoms with Crippen LogP contribution in [0, 0.1) is 0 Å². The smallest absolute Gasteiger partial charge is 0.0327 e. The molecule has 0 aromatic rings. The van der Waals surface area contributed by atoms with Crippen molar-refractivity contribution in [2.75, 3.05) is 26.4 Å². The minimum absolute atomic E-state index is 0.451. The quantitative estimate of drug-likeness (QED) is 0.814. The van der Waals surface area contributed by atoms with E-state index in [1.54, 1.807) is 0 Å². The van der Waals surface area contributed by atoms with Crippen molar-refractivity contribution in [3.8, 4) is 0 Å². The van der Waals surface area contributed by atoms with E-state index in [0.29, 0.717) is 5.54 Å². The Morgan fingerprint density at radius 1 is 1.31 bits per heavy atom. The van der Waals surface area contributed by atoms with Crippen LogP contribution < -0.4 is 5.32 Å². The van der Waals surface area contributed by atoms with E-state index in [1.807, 2.05) is 0 Å². The van der Waals surface area contributed by atoms with Crippen molar-refractivity contribution >= 4 is 11.8 Å². The molecule has 1 aliphatic heterocycles. The first-order valence-corrected chi connectivity index (χ1v) is 7.71. The minimum atomic E-state index is 0.451. The number of likely N-dealkylation sites (N-methyl/N-ethyl adjacent to an activating group) is 1. The summed E-state index contributed by atoms with van der Waals surface area (Å²) in [5.41, 5.74) is 0.451. The van der Waals surface area contributed by atoms with E-state index in [1.165, 1.54) is 44.4 Å². The van der Waals surface area contributed by atoms with Crippen LogP contribution in [0.15, 0.2) is 0 Å². The molecule has 1 N–H and O–H groups in total. The highest BCUT2D eigenvalue weighted by Crippen LogP contribution is 2.34. The lowest BCUT2D eigenvalue weighted by atomic mass is 9.95. The van der Waals surface area contributed by atoms with Gasteiger partial charge in [0.1, 0.15) is 0 Å². The van der Waals surface area contributed by atoms with Crippen molar-refractivity contribution in [1.29, 1.82) is 0 Å². The molecule has 0 amide bonds. The molecular formula is C13H26N2S. The Kier molecular flexibility index (Phi) is 4.20. The fourth-order valence-corrected chi connectivity index (χ4v) is 4.36. The normalized spacial score (nSPS) is 33.8. The van der Waals surface area contributed by atoms with Crippen LogP contribution in [0.5, 0.6) is 0 Å². The Balaban J connectivity index is 1.87. The average molecular weight is 242 g/mol. The summed E-state index contributed by atoms with van der Waals surface area (Å²) in [6.45, 7) is 3.56. The average Bonchev–Trinajstić information content (AvgIpc) is 2.84. The predicted molar refractivity (Wildman–Crippen MR) is 73.2 cm³/mol. The second kappa shape index (κ2) is 5.28. The zero-order chi connectivity index (χ0) is 11.6. The van der Waals surface area contributed by atoms with Crippen LogP contribution in [-0.4, -0.2) is 48.1 Å². The van der Waals surface area contributed by atoms with Crippen LogP contribution in [0.1, 0.15) is 39.0 Å². The summed E-state index contributed by atoms with van der Waals surface area (Å²) in [5.74, 6) is 1.34. The summed E-state index contributed by atoms with van der Waals surface area (Å²) in [4.78, 5) is 2.46. The lowest BCUT2D eigenvalue weighted by molar-refractivity contribution is 0.149. The number of nitrogens with one attached hydrogen (secondary N) is 1. The van der Waals surface area contributed by atoms with Gasteiger partial charge in [0.05, 0.1) is 0 Å². The molecule has 1 aliphatic carbocycles. The number of thioether (sulfide) groups is 1. The standard InChI is InChI=1S/C13H26N2S/c1-11-12(6-9-16-11)14-10-13(15(2)3)7-4-5-8-13/h11-12,14H,4-10H2,1-3H3. The molecule has 16 heavy (non-hydrogen) atoms. The van der Waals surface area contributed by atoms with E-state index >= 15 is 0 Å². The first-order valence-electron chi connectivity index (χ1n) is 6.66. The zero-order valence-electron chi connectivity index (χ0n) is 11.0. The van der Waals surface area contributed by atoms with Crippen molar-refractivity contribution in [2.45, 2.75) is 55.9 Å². The van der Waals surface area contributed by atoms with Gasteiger partial charge < -0.3 is 10.2 Å². The van der Waals surface area contributed by atoms with Crippen LogP contribution in [0.2, 0.25) is 0 Å². The number of hydrogen-bond donors (Lipinski definition) is 1. The van der Waals surface area contributed by atoms with Gasteiger partial charge in [-0.05, 0) is 39.1 Å². The van der Waals surface area contributed by atoms with Crippen molar-refractivity contribution < 1.29 is 0 Å². The molecular weight excluding hydrogens is 216 g/mol. The summed E-state index contributed by atoms with van der Waals surface area (Å²) in [6.07, 6.45) is 6.93. The van der Waals surface area contributed by atoms with E-state index in [9.17, 15) is 0 Å². The second-order valence-corrected chi connectivity index (χ2v) is 7.16. The number of nitrogens with zero attached hydrogens (tertiary/aromatic N) is 1. The van der Waals surface area contributed by atoms with Gasteiger partial charge in [-0.25, -0.2) is 0 Å². The van der Waals surface area contributed by atoms with Crippen LogP contribution in [0.25, 0.3) is 0 Å². The molecule has 2 rings (SSSR count). The lowest BCUT2D eigenvalue weighted by Gasteiger charge is -2.38. The molecule has 2 aliphatic rings. The highest BCUT2D eigenvalue weighted by Gasteiger charge is 2.37. The largest absolute Gasteiger partial charge is 0.311 e. The zero-order valence-corrected chi connectivity index (χ0v) is 11.8. The minimum Gasteiger partial charge on any atom is -0.311 e. The first-order chi connectivity index (χ1) is 7.64. The monoisotopic (exact) mass is 242 g/mol. The summed E-state index contributed by atoms with van der Waals surface area (Å²) < 4.78 is 0. The molecule has 94 valence electrons. The summed E-state index contributed by atoms with van der Waals surface area (Å²) >= 11 is 2.12. The van der Waals surface area contributed by atoms with E-state index in [0.717, 1.165) is 11.3 Å². The predicted octanol–water partition coefficient (Wildman–Crippen LogP) is 2.34. The van der Waals surface area contributed by atoms with Crippen molar-refractivity contribution in [3.63, 3.8) is 0 Å². The third kappa shape index (κ3) is 2.57. The molecule has 2 atom stereocenters. The third-order valence-electron chi connectivity index (χ3n) is 4.55. The van der Waals surface area contributed by atoms with E-state index in [-0.39, 0.29) is 0 Å². The highest BCUT2D eigenvalue weighted by molar-refractivity contribution is 8.00. The van der Waals surface area contributed by atoms with Gasteiger partial charge in [0, 0.05) is 23.4 Å². The van der Waals surface area contributed by atoms with E-state index in [4.69, 9.17) is 0 Å². The molecule has 0 aromatic heterocycles. The van der Waals surface area contributed by atoms with Gasteiger partial charge in [0.25, 0.3) is 0 Å². The van der Waals surface area contributed by atoms with Gasteiger partial charge in [-0.15, -0.1) is 0 Å². The summed E-state index contributed by atoms with van der Waals surface area (Å²) in [5, 5.41) is 4.64. The molecule has 2 nitrogen and oxygen atoms in total. The molecule has 1 heterocycles. The van der Waals surface area contributed by atoms with Crippen molar-refractivity contribution in [1.82, 2.24) is 10.2 Å². The van der Waals surface area contributed by atoms with Gasteiger partial charge in [-0.2, -0.15) is 11.8 Å². The van der Waals surface area contributed by atoms with E-state index < -0.39 is 0 Å². The third-order valence-corrected chi connectivity index (χ3v) is 5.88. The topological polar surface area (TPSA) is 15.3 Å². The molecule has 3 heteroatoms. The second-order valence-electron chi connectivity index (χ2n) is 5.68. The highest BCUT2D eigenvalue weighted by atomic mass is 32.2. The Labute approximate surface area is 105 Å². The Morgan fingerprint density at radius 3 is 2.50 bits per heavy atom. The summed E-state index contributed by atoms with van der Waals surface area (Å²) in [6, 6.07) is 0.752. The fourth-order valence-electron chi connectivity index (χ4n) is 3.14. The van der Waals surface area contributed by atoms with Crippen molar-refractivity contribution in [3.05, 3.63) is 0 Å². The Morgan fingerprint density at radius 2 is 2.00 bits per heavy atom. The molecule has 1 saturated carbocycles. The van der Waals surface area contributed by atoms with Crippen LogP contribution in [0.4, 0.5) is 0 Å².